The van der Waals surface area contributed by atoms with Crippen LogP contribution in [0.2, 0.25) is 0 Å². The van der Waals surface area contributed by atoms with E-state index in [1.165, 1.54) is 24.3 Å². The summed E-state index contributed by atoms with van der Waals surface area (Å²) < 4.78 is 26.5. The molecule has 5 nitrogen and oxygen atoms in total. The molecule has 1 N–H and O–H groups in total. The largest absolute Gasteiger partial charge is 0.320 e. The minimum Gasteiger partial charge on any atom is -0.320 e. The number of nitrogens with zero attached hydrogens (tertiary/aromatic N) is 1. The molecule has 0 saturated heterocycles. The van der Waals surface area contributed by atoms with E-state index in [-0.39, 0.29) is 11.4 Å². The molecule has 0 spiro atoms. The fourth-order valence-corrected chi connectivity index (χ4v) is 1.33. The Morgan fingerprint density at radius 1 is 1.53 bits per heavy atom. The third-order valence-electron chi connectivity index (χ3n) is 2.60. The van der Waals surface area contributed by atoms with E-state index >= 15 is 0 Å². The minimum absolute atomic E-state index is 0.121. The predicted octanol–water partition coefficient (Wildman–Crippen LogP) is 2.99. The lowest BCUT2D eigenvalue weighted by Crippen LogP contribution is -2.34. The van der Waals surface area contributed by atoms with E-state index in [2.05, 4.69) is 11.9 Å². The van der Waals surface area contributed by atoms with Crippen molar-refractivity contribution in [3.8, 4) is 0 Å². The number of carbonyl (C=O) groups is 1. The van der Waals surface area contributed by atoms with Gasteiger partial charge in [0.1, 0.15) is 11.6 Å². The minimum atomic E-state index is -3.38. The van der Waals surface area contributed by atoms with E-state index in [9.17, 15) is 23.7 Å². The van der Waals surface area contributed by atoms with Crippen molar-refractivity contribution in [3.05, 3.63) is 47.0 Å². The first-order valence-electron chi connectivity index (χ1n) is 5.35. The molecule has 1 unspecified atom stereocenters. The molecule has 1 atom stereocenters. The number of nitro groups is 1. The molecule has 1 aromatic rings. The topological polar surface area (TPSA) is 72.2 Å². The Labute approximate surface area is 108 Å². The van der Waals surface area contributed by atoms with Crippen LogP contribution < -0.4 is 5.32 Å². The Kier molecular flexibility index (Phi) is 4.31. The Bertz CT molecular complexity index is 517. The van der Waals surface area contributed by atoms with Gasteiger partial charge in [-0.3, -0.25) is 14.9 Å². The van der Waals surface area contributed by atoms with Crippen LogP contribution in [0.1, 0.15) is 6.92 Å². The number of halogens is 2. The summed E-state index contributed by atoms with van der Waals surface area (Å²) >= 11 is 0. The molecule has 0 fully saturated rings. The van der Waals surface area contributed by atoms with Gasteiger partial charge in [-0.2, -0.15) is 0 Å². The highest BCUT2D eigenvalue weighted by atomic mass is 19.3. The van der Waals surface area contributed by atoms with Gasteiger partial charge < -0.3 is 5.32 Å². The van der Waals surface area contributed by atoms with Crippen LogP contribution in [0.3, 0.4) is 0 Å². The highest BCUT2D eigenvalue weighted by Gasteiger charge is 2.38. The van der Waals surface area contributed by atoms with E-state index in [0.29, 0.717) is 6.08 Å². The summed E-state index contributed by atoms with van der Waals surface area (Å²) in [5.74, 6) is -6.07. The zero-order valence-electron chi connectivity index (χ0n) is 10.1. The Balaban J connectivity index is 2.95. The number of allylic oxidation sites excluding steroid dienone is 1. The number of hydrogen-bond donors (Lipinski definition) is 1. The normalized spacial score (nSPS) is 12.6. The lowest BCUT2D eigenvalue weighted by molar-refractivity contribution is -0.383. The Morgan fingerprint density at radius 2 is 2.11 bits per heavy atom. The van der Waals surface area contributed by atoms with Crippen molar-refractivity contribution in [2.45, 2.75) is 12.8 Å². The summed E-state index contributed by atoms with van der Waals surface area (Å²) in [7, 11) is 0. The molecule has 0 heterocycles. The van der Waals surface area contributed by atoms with Crippen LogP contribution in [-0.4, -0.2) is 16.8 Å². The maximum atomic E-state index is 13.2. The van der Waals surface area contributed by atoms with Crippen LogP contribution in [0.25, 0.3) is 0 Å². The summed E-state index contributed by atoms with van der Waals surface area (Å²) in [6.45, 7) is 3.97. The molecule has 0 radical (unpaired) electrons. The highest BCUT2D eigenvalue weighted by Crippen LogP contribution is 2.29. The summed E-state index contributed by atoms with van der Waals surface area (Å²) in [5, 5.41) is 12.8. The average Bonchev–Trinajstić information content (AvgIpc) is 2.38. The van der Waals surface area contributed by atoms with Crippen LogP contribution >= 0.6 is 0 Å². The van der Waals surface area contributed by atoms with E-state index in [4.69, 9.17) is 0 Å². The molecular weight excluding hydrogens is 258 g/mol. The second-order valence-corrected chi connectivity index (χ2v) is 3.86. The number of alkyl halides is 2. The quantitative estimate of drug-likeness (QED) is 0.508. The molecule has 1 amide bonds. The van der Waals surface area contributed by atoms with Gasteiger partial charge in [-0.25, -0.2) is 8.78 Å². The zero-order valence-corrected chi connectivity index (χ0v) is 10.1. The van der Waals surface area contributed by atoms with Gasteiger partial charge in [0, 0.05) is 6.07 Å². The molecule has 1 rings (SSSR count). The summed E-state index contributed by atoms with van der Waals surface area (Å²) in [6, 6.07) is 5.31. The van der Waals surface area contributed by atoms with Crippen molar-refractivity contribution in [2.24, 2.45) is 5.92 Å². The first-order valence-corrected chi connectivity index (χ1v) is 5.35. The summed E-state index contributed by atoms with van der Waals surface area (Å²) in [4.78, 5) is 21.6. The number of benzene rings is 1. The van der Waals surface area contributed by atoms with Gasteiger partial charge in [-0.15, -0.1) is 0 Å². The van der Waals surface area contributed by atoms with Crippen LogP contribution in [0, 0.1) is 16.0 Å². The fraction of sp³-hybridized carbons (Fsp3) is 0.250. The summed E-state index contributed by atoms with van der Waals surface area (Å²) in [5.41, 5.74) is -0.478. The van der Waals surface area contributed by atoms with Gasteiger partial charge in [-0.1, -0.05) is 18.7 Å². The highest BCUT2D eigenvalue weighted by molar-refractivity contribution is 5.95. The van der Waals surface area contributed by atoms with Gasteiger partial charge in [-0.05, 0) is 19.1 Å². The molecular formula is C12H12F2N2O3. The smallest absolute Gasteiger partial charge is 0.292 e. The zero-order chi connectivity index (χ0) is 14.6. The van der Waals surface area contributed by atoms with Crippen molar-refractivity contribution < 1.29 is 18.5 Å². The molecule has 1 aromatic carbocycles. The maximum absolute atomic E-state index is 13.2. The lowest BCUT2D eigenvalue weighted by Gasteiger charge is -2.19. The van der Waals surface area contributed by atoms with E-state index in [0.717, 1.165) is 6.92 Å². The number of nitro benzene ring substituents is 1. The Morgan fingerprint density at radius 3 is 2.63 bits per heavy atom. The average molecular weight is 270 g/mol. The van der Waals surface area contributed by atoms with E-state index in [1.807, 2.05) is 0 Å². The number of anilines is 1. The second kappa shape index (κ2) is 5.55. The lowest BCUT2D eigenvalue weighted by atomic mass is 10.0. The van der Waals surface area contributed by atoms with Gasteiger partial charge in [0.15, 0.2) is 0 Å². The third kappa shape index (κ3) is 3.34. The number of carbonyl (C=O) groups excluding carboxylic acids is 1. The predicted molar refractivity (Wildman–Crippen MR) is 66.0 cm³/mol. The van der Waals surface area contributed by atoms with Gasteiger partial charge in [0.25, 0.3) is 11.6 Å². The van der Waals surface area contributed by atoms with Crippen molar-refractivity contribution in [1.29, 1.82) is 0 Å². The Hall–Kier alpha value is -2.31. The van der Waals surface area contributed by atoms with Gasteiger partial charge >= 0.3 is 0 Å². The molecule has 0 aromatic heterocycles. The number of rotatable bonds is 5. The van der Waals surface area contributed by atoms with Crippen LogP contribution in [0.5, 0.6) is 0 Å². The molecule has 19 heavy (non-hydrogen) atoms. The SMILES string of the molecule is C=CC(F)(F)C(C)C(=O)Nc1ccccc1[N+](=O)[O-]. The fourth-order valence-electron chi connectivity index (χ4n) is 1.33. The van der Waals surface area contributed by atoms with Crippen molar-refractivity contribution in [3.63, 3.8) is 0 Å². The standard InChI is InChI=1S/C12H12F2N2O3/c1-3-12(13,14)8(2)11(17)15-9-6-4-5-7-10(9)16(18)19/h3-8H,1H2,2H3,(H,15,17). The van der Waals surface area contributed by atoms with Crippen LogP contribution in [0.4, 0.5) is 20.2 Å². The van der Waals surface area contributed by atoms with Gasteiger partial charge in [0.2, 0.25) is 5.91 Å². The molecule has 0 aliphatic carbocycles. The summed E-state index contributed by atoms with van der Waals surface area (Å²) in [6.07, 6.45) is 0.372. The van der Waals surface area contributed by atoms with E-state index < -0.39 is 22.7 Å². The molecule has 102 valence electrons. The second-order valence-electron chi connectivity index (χ2n) is 3.86. The number of nitrogens with one attached hydrogen (secondary N) is 1. The van der Waals surface area contributed by atoms with Crippen molar-refractivity contribution in [1.82, 2.24) is 0 Å². The molecule has 0 aliphatic heterocycles. The van der Waals surface area contributed by atoms with Crippen LogP contribution in [0.15, 0.2) is 36.9 Å². The monoisotopic (exact) mass is 270 g/mol. The van der Waals surface area contributed by atoms with E-state index in [1.54, 1.807) is 0 Å². The number of amides is 1. The molecule has 0 saturated carbocycles. The molecule has 0 aliphatic rings. The first-order chi connectivity index (χ1) is 8.79. The maximum Gasteiger partial charge on any atom is 0.292 e. The third-order valence-corrected chi connectivity index (χ3v) is 2.60. The van der Waals surface area contributed by atoms with Gasteiger partial charge in [0.05, 0.1) is 4.92 Å². The molecule has 7 heteroatoms. The number of hydrogen-bond acceptors (Lipinski definition) is 3. The van der Waals surface area contributed by atoms with Crippen LogP contribution in [-0.2, 0) is 4.79 Å². The molecule has 0 bridgehead atoms. The van der Waals surface area contributed by atoms with Crippen molar-refractivity contribution in [2.75, 3.05) is 5.32 Å². The first kappa shape index (κ1) is 14.7. The number of para-hydroxylation sites is 2. The van der Waals surface area contributed by atoms with Crippen molar-refractivity contribution >= 4 is 17.3 Å².